The summed E-state index contributed by atoms with van der Waals surface area (Å²) in [6.45, 7) is 7.61. The van der Waals surface area contributed by atoms with Gasteiger partial charge in [0.25, 0.3) is 5.78 Å². The van der Waals surface area contributed by atoms with E-state index < -0.39 is 12.0 Å². The van der Waals surface area contributed by atoms with Gasteiger partial charge in [0.2, 0.25) is 0 Å². The smallest absolute Gasteiger partial charge is 0.337 e. The molecule has 0 aromatic carbocycles. The monoisotopic (exact) mass is 376 g/mol. The molecule has 3 rings (SSSR count). The van der Waals surface area contributed by atoms with Gasteiger partial charge in [0.05, 0.1) is 18.2 Å². The minimum absolute atomic E-state index is 0.266. The number of carbonyl (C=O) groups is 2. The number of thioether (sulfide) groups is 1. The molecule has 1 aliphatic heterocycles. The van der Waals surface area contributed by atoms with E-state index in [1.54, 1.807) is 13.8 Å². The molecule has 2 N–H and O–H groups in total. The zero-order valence-electron chi connectivity index (χ0n) is 15.0. The Morgan fingerprint density at radius 3 is 2.88 bits per heavy atom. The van der Waals surface area contributed by atoms with Gasteiger partial charge in [0.1, 0.15) is 0 Å². The van der Waals surface area contributed by atoms with E-state index in [1.807, 2.05) is 24.3 Å². The molecule has 0 spiro atoms. The number of urea groups is 1. The normalized spacial score (nSPS) is 17.2. The van der Waals surface area contributed by atoms with Crippen molar-refractivity contribution in [3.63, 3.8) is 0 Å². The average Bonchev–Trinajstić information content (AvgIpc) is 2.95. The van der Waals surface area contributed by atoms with Crippen LogP contribution in [-0.4, -0.2) is 50.0 Å². The summed E-state index contributed by atoms with van der Waals surface area (Å²) >= 11 is 1.37. The van der Waals surface area contributed by atoms with Crippen molar-refractivity contribution in [2.24, 2.45) is 0 Å². The molecule has 138 valence electrons. The van der Waals surface area contributed by atoms with Gasteiger partial charge in [0, 0.05) is 22.8 Å². The molecule has 1 aliphatic rings. The number of hydrogen-bond donors (Lipinski definition) is 2. The highest BCUT2D eigenvalue weighted by Gasteiger charge is 2.29. The predicted molar refractivity (Wildman–Crippen MR) is 95.8 cm³/mol. The Morgan fingerprint density at radius 1 is 1.38 bits per heavy atom. The summed E-state index contributed by atoms with van der Waals surface area (Å²) in [7, 11) is 0. The van der Waals surface area contributed by atoms with Gasteiger partial charge in [-0.25, -0.2) is 14.6 Å². The number of carbonyl (C=O) groups excluding carboxylic acids is 2. The highest BCUT2D eigenvalue weighted by molar-refractivity contribution is 7.99. The van der Waals surface area contributed by atoms with E-state index in [9.17, 15) is 9.59 Å². The molecule has 3 heterocycles. The number of aryl methyl sites for hydroxylation is 2. The van der Waals surface area contributed by atoms with Crippen LogP contribution < -0.4 is 10.6 Å². The fraction of sp³-hybridized carbons (Fsp3) is 0.438. The fourth-order valence-electron chi connectivity index (χ4n) is 2.82. The first-order valence-electron chi connectivity index (χ1n) is 8.20. The number of amides is 2. The van der Waals surface area contributed by atoms with Crippen molar-refractivity contribution in [1.82, 2.24) is 30.2 Å². The number of rotatable bonds is 5. The van der Waals surface area contributed by atoms with E-state index in [0.29, 0.717) is 28.0 Å². The molecule has 10 heteroatoms. The summed E-state index contributed by atoms with van der Waals surface area (Å²) in [5.74, 6) is 0.426. The molecule has 0 fully saturated rings. The molecular formula is C16H20N6O3S. The van der Waals surface area contributed by atoms with Crippen molar-refractivity contribution in [3.8, 4) is 0 Å². The molecule has 2 aromatic rings. The van der Waals surface area contributed by atoms with E-state index in [0.717, 1.165) is 11.4 Å². The van der Waals surface area contributed by atoms with Gasteiger partial charge in [-0.1, -0.05) is 11.8 Å². The molecule has 0 saturated carbocycles. The first-order valence-corrected chi connectivity index (χ1v) is 9.19. The molecule has 26 heavy (non-hydrogen) atoms. The van der Waals surface area contributed by atoms with Crippen LogP contribution in [0.2, 0.25) is 0 Å². The Kier molecular flexibility index (Phi) is 5.12. The maximum atomic E-state index is 12.3. The van der Waals surface area contributed by atoms with E-state index >= 15 is 0 Å². The van der Waals surface area contributed by atoms with Gasteiger partial charge < -0.3 is 15.4 Å². The van der Waals surface area contributed by atoms with Gasteiger partial charge in [0.15, 0.2) is 5.16 Å². The third-order valence-corrected chi connectivity index (χ3v) is 4.83. The molecular weight excluding hydrogens is 356 g/mol. The average molecular weight is 376 g/mol. The summed E-state index contributed by atoms with van der Waals surface area (Å²) < 4.78 is 6.96. The first kappa shape index (κ1) is 18.2. The molecule has 0 bridgehead atoms. The topological polar surface area (TPSA) is 111 Å². The second-order valence-corrected chi connectivity index (χ2v) is 6.82. The molecule has 0 saturated heterocycles. The Morgan fingerprint density at radius 2 is 2.15 bits per heavy atom. The van der Waals surface area contributed by atoms with Crippen LogP contribution in [0, 0.1) is 13.8 Å². The number of fused-ring (bicyclic) bond motifs is 1. The maximum absolute atomic E-state index is 12.3. The van der Waals surface area contributed by atoms with Crippen molar-refractivity contribution in [1.29, 1.82) is 0 Å². The third-order valence-electron chi connectivity index (χ3n) is 3.87. The standard InChI is InChI=1S/C16H20N6O3S/c1-5-25-13(23)12-10(4)18-15(24)19-11(12)7-26-16-21-20-14-17-8(2)6-9(3)22(14)16/h6,10H,5,7H2,1-4H3,(H2,18,19,24). The quantitative estimate of drug-likeness (QED) is 0.599. The van der Waals surface area contributed by atoms with Gasteiger partial charge in [-0.05, 0) is 33.8 Å². The lowest BCUT2D eigenvalue weighted by Crippen LogP contribution is -2.49. The summed E-state index contributed by atoms with van der Waals surface area (Å²) in [5, 5.41) is 14.3. The lowest BCUT2D eigenvalue weighted by molar-refractivity contribution is -0.138. The number of aromatic nitrogens is 4. The number of hydrogen-bond acceptors (Lipinski definition) is 7. The largest absolute Gasteiger partial charge is 0.463 e. The summed E-state index contributed by atoms with van der Waals surface area (Å²) in [4.78, 5) is 28.4. The summed E-state index contributed by atoms with van der Waals surface area (Å²) in [6.07, 6.45) is 0. The van der Waals surface area contributed by atoms with Crippen LogP contribution in [0.1, 0.15) is 25.2 Å². The molecule has 2 amide bonds. The summed E-state index contributed by atoms with van der Waals surface area (Å²) in [6, 6.07) is 1.17. The SMILES string of the molecule is CCOC(=O)C1=C(CSc2nnc3nc(C)cc(C)n23)NC(=O)NC1C. The van der Waals surface area contributed by atoms with Crippen molar-refractivity contribution in [2.75, 3.05) is 12.4 Å². The Hall–Kier alpha value is -2.62. The van der Waals surface area contributed by atoms with E-state index in [2.05, 4.69) is 25.8 Å². The Labute approximate surface area is 154 Å². The van der Waals surface area contributed by atoms with Gasteiger partial charge in [-0.3, -0.25) is 4.40 Å². The number of nitrogens with zero attached hydrogens (tertiary/aromatic N) is 4. The number of ether oxygens (including phenoxy) is 1. The maximum Gasteiger partial charge on any atom is 0.337 e. The highest BCUT2D eigenvalue weighted by Crippen LogP contribution is 2.24. The van der Waals surface area contributed by atoms with Gasteiger partial charge >= 0.3 is 12.0 Å². The van der Waals surface area contributed by atoms with Gasteiger partial charge in [-0.2, -0.15) is 0 Å². The molecule has 1 unspecified atom stereocenters. The molecule has 0 aliphatic carbocycles. The fourth-order valence-corrected chi connectivity index (χ4v) is 3.78. The second-order valence-electron chi connectivity index (χ2n) is 5.88. The molecule has 1 atom stereocenters. The van der Waals surface area contributed by atoms with Crippen molar-refractivity contribution >= 4 is 29.5 Å². The van der Waals surface area contributed by atoms with Crippen molar-refractivity contribution in [3.05, 3.63) is 28.7 Å². The van der Waals surface area contributed by atoms with E-state index in [4.69, 9.17) is 4.74 Å². The minimum atomic E-state index is -0.442. The Balaban J connectivity index is 1.90. The van der Waals surface area contributed by atoms with Crippen molar-refractivity contribution < 1.29 is 14.3 Å². The van der Waals surface area contributed by atoms with Crippen LogP contribution in [0.5, 0.6) is 0 Å². The molecule has 9 nitrogen and oxygen atoms in total. The first-order chi connectivity index (χ1) is 12.4. The van der Waals surface area contributed by atoms with Crippen LogP contribution in [0.3, 0.4) is 0 Å². The van der Waals surface area contributed by atoms with Crippen molar-refractivity contribution in [2.45, 2.75) is 38.9 Å². The van der Waals surface area contributed by atoms with Crippen LogP contribution in [0.15, 0.2) is 22.5 Å². The lowest BCUT2D eigenvalue weighted by atomic mass is 10.1. The van der Waals surface area contributed by atoms with Crippen LogP contribution in [0.4, 0.5) is 4.79 Å². The number of nitrogens with one attached hydrogen (secondary N) is 2. The number of esters is 1. The van der Waals surface area contributed by atoms with Crippen LogP contribution >= 0.6 is 11.8 Å². The van der Waals surface area contributed by atoms with Gasteiger partial charge in [-0.15, -0.1) is 10.2 Å². The molecule has 0 radical (unpaired) electrons. The zero-order valence-corrected chi connectivity index (χ0v) is 15.8. The lowest BCUT2D eigenvalue weighted by Gasteiger charge is -2.26. The van der Waals surface area contributed by atoms with E-state index in [-0.39, 0.29) is 12.6 Å². The third kappa shape index (κ3) is 3.50. The summed E-state index contributed by atoms with van der Waals surface area (Å²) in [5.41, 5.74) is 2.76. The highest BCUT2D eigenvalue weighted by atomic mass is 32.2. The molecule has 2 aromatic heterocycles. The van der Waals surface area contributed by atoms with Crippen LogP contribution in [-0.2, 0) is 9.53 Å². The van der Waals surface area contributed by atoms with Crippen LogP contribution in [0.25, 0.3) is 5.78 Å². The Bertz CT molecular complexity index is 907. The van der Waals surface area contributed by atoms with E-state index in [1.165, 1.54) is 11.8 Å². The minimum Gasteiger partial charge on any atom is -0.463 e. The predicted octanol–water partition coefficient (Wildman–Crippen LogP) is 1.35. The second kappa shape index (κ2) is 7.32. The zero-order chi connectivity index (χ0) is 18.8.